The Morgan fingerprint density at radius 2 is 2.07 bits per heavy atom. The van der Waals surface area contributed by atoms with E-state index in [1.54, 1.807) is 13.4 Å². The fourth-order valence-electron chi connectivity index (χ4n) is 2.83. The van der Waals surface area contributed by atoms with Crippen LogP contribution in [0.1, 0.15) is 19.7 Å². The molecule has 9 heteroatoms. The maximum absolute atomic E-state index is 5.51. The second-order valence-corrected chi connectivity index (χ2v) is 7.76. The predicted octanol–water partition coefficient (Wildman–Crippen LogP) is 4.55. The van der Waals surface area contributed by atoms with Gasteiger partial charge in [0.2, 0.25) is 11.7 Å². The predicted molar refractivity (Wildman–Crippen MR) is 108 cm³/mol. The van der Waals surface area contributed by atoms with Crippen molar-refractivity contribution in [1.82, 2.24) is 24.9 Å². The van der Waals surface area contributed by atoms with Crippen molar-refractivity contribution < 1.29 is 13.7 Å². The largest absolute Gasteiger partial charge is 0.497 e. The van der Waals surface area contributed by atoms with Crippen molar-refractivity contribution in [3.05, 3.63) is 48.6 Å². The molecule has 29 heavy (non-hydrogen) atoms. The van der Waals surface area contributed by atoms with E-state index in [9.17, 15) is 0 Å². The van der Waals surface area contributed by atoms with Crippen LogP contribution in [0.15, 0.2) is 56.8 Å². The average Bonchev–Trinajstić information content (AvgIpc) is 3.47. The Hall–Kier alpha value is -3.07. The highest BCUT2D eigenvalue weighted by Gasteiger charge is 2.18. The number of nitrogens with zero attached hydrogens (tertiary/aromatic N) is 5. The van der Waals surface area contributed by atoms with Crippen LogP contribution in [0.3, 0.4) is 0 Å². The SMILES string of the molecule is COc1cccc(-c2noc(CSc3nnc(-c4ccco4)n3CC(C)C)n2)c1. The van der Waals surface area contributed by atoms with Crippen molar-refractivity contribution in [2.24, 2.45) is 5.92 Å². The van der Waals surface area contributed by atoms with Gasteiger partial charge in [0.1, 0.15) is 5.75 Å². The number of hydrogen-bond donors (Lipinski definition) is 0. The summed E-state index contributed by atoms with van der Waals surface area (Å²) >= 11 is 1.50. The first-order valence-electron chi connectivity index (χ1n) is 9.21. The van der Waals surface area contributed by atoms with Crippen molar-refractivity contribution in [3.8, 4) is 28.7 Å². The highest BCUT2D eigenvalue weighted by Crippen LogP contribution is 2.28. The number of aromatic nitrogens is 5. The van der Waals surface area contributed by atoms with E-state index >= 15 is 0 Å². The highest BCUT2D eigenvalue weighted by atomic mass is 32.2. The first-order valence-corrected chi connectivity index (χ1v) is 10.2. The smallest absolute Gasteiger partial charge is 0.237 e. The third-order valence-electron chi connectivity index (χ3n) is 4.13. The molecule has 4 aromatic rings. The standard InChI is InChI=1S/C20H21N5O3S/c1-13(2)11-25-19(16-8-5-9-27-16)22-23-20(25)29-12-17-21-18(24-28-17)14-6-4-7-15(10-14)26-3/h4-10,13H,11-12H2,1-3H3. The summed E-state index contributed by atoms with van der Waals surface area (Å²) in [6.45, 7) is 5.09. The molecule has 1 aromatic carbocycles. The molecule has 0 unspecified atom stereocenters. The Morgan fingerprint density at radius 3 is 2.83 bits per heavy atom. The Morgan fingerprint density at radius 1 is 1.17 bits per heavy atom. The lowest BCUT2D eigenvalue weighted by molar-refractivity contribution is 0.391. The number of methoxy groups -OCH3 is 1. The summed E-state index contributed by atoms with van der Waals surface area (Å²) in [6.07, 6.45) is 1.63. The van der Waals surface area contributed by atoms with Gasteiger partial charge in [-0.2, -0.15) is 4.98 Å². The van der Waals surface area contributed by atoms with Gasteiger partial charge < -0.3 is 13.7 Å². The molecule has 150 valence electrons. The van der Waals surface area contributed by atoms with Crippen LogP contribution in [0.4, 0.5) is 0 Å². The minimum Gasteiger partial charge on any atom is -0.497 e. The molecular weight excluding hydrogens is 390 g/mol. The van der Waals surface area contributed by atoms with E-state index in [0.717, 1.165) is 23.0 Å². The number of thioether (sulfide) groups is 1. The van der Waals surface area contributed by atoms with Gasteiger partial charge in [0.05, 0.1) is 19.1 Å². The Balaban J connectivity index is 1.51. The molecule has 0 fully saturated rings. The van der Waals surface area contributed by atoms with E-state index in [2.05, 4.69) is 38.8 Å². The van der Waals surface area contributed by atoms with Gasteiger partial charge in [0, 0.05) is 12.1 Å². The monoisotopic (exact) mass is 411 g/mol. The normalized spacial score (nSPS) is 11.3. The summed E-state index contributed by atoms with van der Waals surface area (Å²) in [6, 6.07) is 11.3. The topological polar surface area (TPSA) is 92.0 Å². The third kappa shape index (κ3) is 4.34. The Labute approximate surface area is 172 Å². The number of ether oxygens (including phenoxy) is 1. The Kier molecular flexibility index (Phi) is 5.66. The molecule has 0 atom stereocenters. The molecule has 0 saturated carbocycles. The van der Waals surface area contributed by atoms with Gasteiger partial charge in [-0.1, -0.05) is 42.9 Å². The van der Waals surface area contributed by atoms with Crippen LogP contribution in [0, 0.1) is 5.92 Å². The molecule has 0 bridgehead atoms. The lowest BCUT2D eigenvalue weighted by atomic mass is 10.2. The van der Waals surface area contributed by atoms with Gasteiger partial charge >= 0.3 is 0 Å². The minimum absolute atomic E-state index is 0.433. The van der Waals surface area contributed by atoms with Crippen molar-refractivity contribution in [2.75, 3.05) is 7.11 Å². The van der Waals surface area contributed by atoms with Crippen LogP contribution in [0.2, 0.25) is 0 Å². The van der Waals surface area contributed by atoms with E-state index in [0.29, 0.717) is 35.0 Å². The fourth-order valence-corrected chi connectivity index (χ4v) is 3.62. The van der Waals surface area contributed by atoms with Crippen molar-refractivity contribution in [2.45, 2.75) is 31.3 Å². The number of benzene rings is 1. The summed E-state index contributed by atoms with van der Waals surface area (Å²) in [5, 5.41) is 13.5. The number of furan rings is 1. The molecule has 0 N–H and O–H groups in total. The van der Waals surface area contributed by atoms with Crippen LogP contribution in [0.5, 0.6) is 5.75 Å². The van der Waals surface area contributed by atoms with Crippen molar-refractivity contribution >= 4 is 11.8 Å². The number of hydrogen-bond acceptors (Lipinski definition) is 8. The zero-order valence-corrected chi connectivity index (χ0v) is 17.2. The average molecular weight is 411 g/mol. The molecule has 0 aliphatic heterocycles. The third-order valence-corrected chi connectivity index (χ3v) is 5.08. The summed E-state index contributed by atoms with van der Waals surface area (Å²) in [5.74, 6) is 4.13. The first kappa shape index (κ1) is 19.3. The van der Waals surface area contributed by atoms with Crippen LogP contribution in [-0.2, 0) is 12.3 Å². The summed E-state index contributed by atoms with van der Waals surface area (Å²) in [7, 11) is 1.63. The Bertz CT molecular complexity index is 1070. The first-order chi connectivity index (χ1) is 14.1. The molecule has 0 aliphatic rings. The van der Waals surface area contributed by atoms with Crippen molar-refractivity contribution in [3.63, 3.8) is 0 Å². The van der Waals surface area contributed by atoms with E-state index in [1.807, 2.05) is 36.4 Å². The van der Waals surface area contributed by atoms with Gasteiger partial charge in [-0.3, -0.25) is 4.57 Å². The zero-order chi connectivity index (χ0) is 20.2. The summed E-state index contributed by atoms with van der Waals surface area (Å²) < 4.78 is 18.2. The summed E-state index contributed by atoms with van der Waals surface area (Å²) in [4.78, 5) is 4.49. The molecule has 0 amide bonds. The quantitative estimate of drug-likeness (QED) is 0.390. The van der Waals surface area contributed by atoms with Gasteiger partial charge in [-0.05, 0) is 30.2 Å². The lowest BCUT2D eigenvalue weighted by Gasteiger charge is -2.10. The van der Waals surface area contributed by atoms with Crippen LogP contribution in [0.25, 0.3) is 23.0 Å². The van der Waals surface area contributed by atoms with Crippen LogP contribution >= 0.6 is 11.8 Å². The zero-order valence-electron chi connectivity index (χ0n) is 16.4. The molecule has 4 rings (SSSR count). The minimum atomic E-state index is 0.433. The highest BCUT2D eigenvalue weighted by molar-refractivity contribution is 7.98. The van der Waals surface area contributed by atoms with Gasteiger partial charge in [-0.15, -0.1) is 10.2 Å². The lowest BCUT2D eigenvalue weighted by Crippen LogP contribution is -2.07. The molecule has 3 heterocycles. The molecule has 0 aliphatic carbocycles. The summed E-state index contributed by atoms with van der Waals surface area (Å²) in [5.41, 5.74) is 0.840. The van der Waals surface area contributed by atoms with Gasteiger partial charge in [-0.25, -0.2) is 0 Å². The molecule has 8 nitrogen and oxygen atoms in total. The second-order valence-electron chi connectivity index (χ2n) is 6.82. The molecule has 3 aromatic heterocycles. The van der Waals surface area contributed by atoms with Crippen molar-refractivity contribution in [1.29, 1.82) is 0 Å². The van der Waals surface area contributed by atoms with Crippen LogP contribution < -0.4 is 4.74 Å². The van der Waals surface area contributed by atoms with Gasteiger partial charge in [0.25, 0.3) is 0 Å². The number of rotatable bonds is 8. The van der Waals surface area contributed by atoms with Crippen LogP contribution in [-0.4, -0.2) is 32.0 Å². The second kappa shape index (κ2) is 8.52. The van der Waals surface area contributed by atoms with E-state index in [-0.39, 0.29) is 0 Å². The molecule has 0 saturated heterocycles. The van der Waals surface area contributed by atoms with E-state index in [1.165, 1.54) is 11.8 Å². The van der Waals surface area contributed by atoms with E-state index < -0.39 is 0 Å². The maximum atomic E-state index is 5.51. The van der Waals surface area contributed by atoms with E-state index in [4.69, 9.17) is 13.7 Å². The van der Waals surface area contributed by atoms with Gasteiger partial charge in [0.15, 0.2) is 16.7 Å². The fraction of sp³-hybridized carbons (Fsp3) is 0.300. The molecule has 0 radical (unpaired) electrons. The molecular formula is C20H21N5O3S. The molecule has 0 spiro atoms. The maximum Gasteiger partial charge on any atom is 0.237 e.